The van der Waals surface area contributed by atoms with E-state index in [1.54, 1.807) is 12.4 Å². The van der Waals surface area contributed by atoms with Crippen LogP contribution in [0.3, 0.4) is 0 Å². The van der Waals surface area contributed by atoms with Crippen LogP contribution in [0.2, 0.25) is 0 Å². The van der Waals surface area contributed by atoms with Gasteiger partial charge in [-0.05, 0) is 25.0 Å². The van der Waals surface area contributed by atoms with Gasteiger partial charge in [0, 0.05) is 36.8 Å². The zero-order valence-electron chi connectivity index (χ0n) is 12.3. The zero-order valence-corrected chi connectivity index (χ0v) is 13.1. The molecule has 118 valence electrons. The first kappa shape index (κ1) is 15.1. The van der Waals surface area contributed by atoms with Gasteiger partial charge in [-0.15, -0.1) is 11.8 Å². The Morgan fingerprint density at radius 3 is 2.91 bits per heavy atom. The number of hydrogen-bond acceptors (Lipinski definition) is 5. The summed E-state index contributed by atoms with van der Waals surface area (Å²) in [6.45, 7) is 1.93. The van der Waals surface area contributed by atoms with Crippen molar-refractivity contribution < 1.29 is 14.3 Å². The van der Waals surface area contributed by atoms with Gasteiger partial charge in [0.2, 0.25) is 5.91 Å². The van der Waals surface area contributed by atoms with Crippen molar-refractivity contribution in [1.29, 1.82) is 0 Å². The third-order valence-corrected chi connectivity index (χ3v) is 5.12. The second kappa shape index (κ2) is 6.56. The summed E-state index contributed by atoms with van der Waals surface area (Å²) in [4.78, 5) is 30.5. The second-order valence-corrected chi connectivity index (χ2v) is 6.68. The van der Waals surface area contributed by atoms with E-state index < -0.39 is 5.60 Å². The smallest absolute Gasteiger partial charge is 0.407 e. The number of aromatic nitrogens is 1. The number of likely N-dealkylation sites (tertiary alicyclic amines) is 1. The van der Waals surface area contributed by atoms with Gasteiger partial charge in [-0.2, -0.15) is 0 Å². The first-order chi connectivity index (χ1) is 10.7. The van der Waals surface area contributed by atoms with E-state index in [0.717, 1.165) is 24.3 Å². The Hall–Kier alpha value is -1.76. The molecule has 3 heterocycles. The lowest BCUT2D eigenvalue weighted by Gasteiger charge is -2.25. The fourth-order valence-electron chi connectivity index (χ4n) is 2.87. The molecule has 2 saturated heterocycles. The predicted molar refractivity (Wildman–Crippen MR) is 82.6 cm³/mol. The van der Waals surface area contributed by atoms with Crippen molar-refractivity contribution in [3.63, 3.8) is 0 Å². The van der Waals surface area contributed by atoms with Gasteiger partial charge in [-0.25, -0.2) is 4.79 Å². The monoisotopic (exact) mass is 321 g/mol. The summed E-state index contributed by atoms with van der Waals surface area (Å²) in [6.07, 6.45) is 5.49. The molecule has 7 heteroatoms. The molecule has 1 spiro atoms. The number of hydrogen-bond donors (Lipinski definition) is 1. The molecule has 0 unspecified atom stereocenters. The Balaban J connectivity index is 1.52. The molecule has 22 heavy (non-hydrogen) atoms. The Bertz CT molecular complexity index is 554. The highest BCUT2D eigenvalue weighted by atomic mass is 32.2. The lowest BCUT2D eigenvalue weighted by Crippen LogP contribution is -2.37. The quantitative estimate of drug-likeness (QED) is 0.857. The molecule has 1 aromatic rings. The van der Waals surface area contributed by atoms with Gasteiger partial charge in [0.05, 0.1) is 12.3 Å². The molecule has 2 aliphatic rings. The van der Waals surface area contributed by atoms with Crippen molar-refractivity contribution in [2.24, 2.45) is 0 Å². The number of nitrogens with zero attached hydrogens (tertiary/aromatic N) is 2. The van der Waals surface area contributed by atoms with E-state index in [2.05, 4.69) is 10.3 Å². The number of pyridine rings is 1. The molecule has 2 amide bonds. The average Bonchev–Trinajstić information content (AvgIpc) is 2.77. The number of thioether (sulfide) groups is 1. The standard InChI is InChI=1S/C15H19N3O3S/c19-13(10-22-12-2-6-16-7-3-12)18-8-1-4-15(5-9-18)11-17-14(20)21-15/h2-3,6-7H,1,4-5,8-11H2,(H,17,20)/t15-/m1/s1. The molecule has 0 aromatic carbocycles. The number of ether oxygens (including phenoxy) is 1. The molecular weight excluding hydrogens is 302 g/mol. The maximum atomic E-state index is 12.4. The van der Waals surface area contributed by atoms with Gasteiger partial charge in [-0.3, -0.25) is 9.78 Å². The van der Waals surface area contributed by atoms with Crippen LogP contribution in [0.4, 0.5) is 4.79 Å². The normalized spacial score (nSPS) is 24.7. The van der Waals surface area contributed by atoms with Crippen LogP contribution in [0.1, 0.15) is 19.3 Å². The number of amides is 2. The number of carbonyl (C=O) groups is 2. The summed E-state index contributed by atoms with van der Waals surface area (Å²) in [5.74, 6) is 0.561. The van der Waals surface area contributed by atoms with Crippen LogP contribution < -0.4 is 5.32 Å². The van der Waals surface area contributed by atoms with E-state index in [1.165, 1.54) is 11.8 Å². The summed E-state index contributed by atoms with van der Waals surface area (Å²) in [6, 6.07) is 3.80. The molecule has 0 radical (unpaired) electrons. The van der Waals surface area contributed by atoms with Gasteiger partial charge in [0.25, 0.3) is 0 Å². The van der Waals surface area contributed by atoms with Crippen LogP contribution in [-0.2, 0) is 9.53 Å². The van der Waals surface area contributed by atoms with Crippen molar-refractivity contribution in [2.75, 3.05) is 25.4 Å². The Labute approximate surface area is 133 Å². The maximum absolute atomic E-state index is 12.4. The summed E-state index contributed by atoms with van der Waals surface area (Å²) in [5, 5.41) is 2.72. The minimum atomic E-state index is -0.412. The molecule has 0 saturated carbocycles. The first-order valence-corrected chi connectivity index (χ1v) is 8.43. The molecule has 0 aliphatic carbocycles. The van der Waals surface area contributed by atoms with Crippen molar-refractivity contribution >= 4 is 23.8 Å². The van der Waals surface area contributed by atoms with E-state index in [-0.39, 0.29) is 12.0 Å². The van der Waals surface area contributed by atoms with E-state index in [1.807, 2.05) is 17.0 Å². The number of alkyl carbamates (subject to hydrolysis) is 1. The Morgan fingerprint density at radius 2 is 2.18 bits per heavy atom. The van der Waals surface area contributed by atoms with Gasteiger partial charge in [0.15, 0.2) is 0 Å². The molecule has 6 nitrogen and oxygen atoms in total. The highest BCUT2D eigenvalue weighted by molar-refractivity contribution is 8.00. The minimum Gasteiger partial charge on any atom is -0.441 e. The molecule has 1 aromatic heterocycles. The summed E-state index contributed by atoms with van der Waals surface area (Å²) in [5.41, 5.74) is -0.412. The van der Waals surface area contributed by atoms with Crippen LogP contribution in [0, 0.1) is 0 Å². The molecular formula is C15H19N3O3S. The topological polar surface area (TPSA) is 71.5 Å². The second-order valence-electron chi connectivity index (χ2n) is 5.63. The third-order valence-electron chi connectivity index (χ3n) is 4.13. The van der Waals surface area contributed by atoms with Crippen molar-refractivity contribution in [3.8, 4) is 0 Å². The molecule has 1 atom stereocenters. The molecule has 1 N–H and O–H groups in total. The number of carbonyl (C=O) groups excluding carboxylic acids is 2. The first-order valence-electron chi connectivity index (χ1n) is 7.44. The van der Waals surface area contributed by atoms with Gasteiger partial charge < -0.3 is 15.0 Å². The lowest BCUT2D eigenvalue weighted by atomic mass is 9.95. The minimum absolute atomic E-state index is 0.135. The van der Waals surface area contributed by atoms with Gasteiger partial charge in [0.1, 0.15) is 5.60 Å². The summed E-state index contributed by atoms with van der Waals surface area (Å²) < 4.78 is 5.43. The van der Waals surface area contributed by atoms with Gasteiger partial charge in [-0.1, -0.05) is 0 Å². The molecule has 3 rings (SSSR count). The predicted octanol–water partition coefficient (Wildman–Crippen LogP) is 1.66. The van der Waals surface area contributed by atoms with Crippen molar-refractivity contribution in [1.82, 2.24) is 15.2 Å². The SMILES string of the molecule is O=C1NC[C@]2(CCCN(C(=O)CSc3ccncc3)CC2)O1. The fraction of sp³-hybridized carbons (Fsp3) is 0.533. The van der Waals surface area contributed by atoms with Gasteiger partial charge >= 0.3 is 6.09 Å². The molecule has 0 bridgehead atoms. The van der Waals surface area contributed by atoms with E-state index >= 15 is 0 Å². The van der Waals surface area contributed by atoms with Crippen LogP contribution in [0.5, 0.6) is 0 Å². The number of rotatable bonds is 3. The molecule has 2 aliphatic heterocycles. The lowest BCUT2D eigenvalue weighted by molar-refractivity contribution is -0.128. The van der Waals surface area contributed by atoms with E-state index in [4.69, 9.17) is 4.74 Å². The highest BCUT2D eigenvalue weighted by Gasteiger charge is 2.41. The zero-order chi connectivity index (χ0) is 15.4. The van der Waals surface area contributed by atoms with Crippen molar-refractivity contribution in [3.05, 3.63) is 24.5 Å². The van der Waals surface area contributed by atoms with E-state index in [0.29, 0.717) is 25.3 Å². The number of nitrogens with one attached hydrogen (secondary N) is 1. The Kier molecular flexibility index (Phi) is 4.52. The highest BCUT2D eigenvalue weighted by Crippen LogP contribution is 2.29. The molecule has 2 fully saturated rings. The largest absolute Gasteiger partial charge is 0.441 e. The fourth-order valence-corrected chi connectivity index (χ4v) is 3.66. The van der Waals surface area contributed by atoms with Crippen LogP contribution in [-0.4, -0.2) is 52.9 Å². The van der Waals surface area contributed by atoms with Crippen LogP contribution in [0.15, 0.2) is 29.4 Å². The summed E-state index contributed by atoms with van der Waals surface area (Å²) >= 11 is 1.52. The summed E-state index contributed by atoms with van der Waals surface area (Å²) in [7, 11) is 0. The average molecular weight is 321 g/mol. The van der Waals surface area contributed by atoms with Crippen LogP contribution in [0.25, 0.3) is 0 Å². The maximum Gasteiger partial charge on any atom is 0.407 e. The van der Waals surface area contributed by atoms with Crippen molar-refractivity contribution in [2.45, 2.75) is 29.8 Å². The van der Waals surface area contributed by atoms with E-state index in [9.17, 15) is 9.59 Å². The van der Waals surface area contributed by atoms with Crippen LogP contribution >= 0.6 is 11.8 Å². The Morgan fingerprint density at radius 1 is 1.36 bits per heavy atom. The third kappa shape index (κ3) is 3.52.